The van der Waals surface area contributed by atoms with Crippen LogP contribution in [0.5, 0.6) is 0 Å². The Hall–Kier alpha value is -2.96. The van der Waals surface area contributed by atoms with Crippen LogP contribution >= 0.6 is 0 Å². The van der Waals surface area contributed by atoms with E-state index in [2.05, 4.69) is 20.2 Å². The van der Waals surface area contributed by atoms with Gasteiger partial charge in [0.2, 0.25) is 0 Å². The molecule has 7 heteroatoms. The van der Waals surface area contributed by atoms with E-state index in [4.69, 9.17) is 0 Å². The summed E-state index contributed by atoms with van der Waals surface area (Å²) in [6, 6.07) is 8.31. The zero-order chi connectivity index (χ0) is 18.1. The van der Waals surface area contributed by atoms with Gasteiger partial charge in [0.1, 0.15) is 11.3 Å². The maximum atomic E-state index is 13.0. The van der Waals surface area contributed by atoms with Gasteiger partial charge in [0.05, 0.1) is 11.9 Å². The molecular weight excluding hydrogens is 333 g/mol. The molecule has 1 unspecified atom stereocenters. The molecule has 0 bridgehead atoms. The second-order valence-electron chi connectivity index (χ2n) is 6.71. The number of nitrogens with zero attached hydrogens (tertiary/aromatic N) is 4. The van der Waals surface area contributed by atoms with E-state index in [1.165, 1.54) is 12.1 Å². The first-order chi connectivity index (χ1) is 12.6. The quantitative estimate of drug-likeness (QED) is 0.782. The van der Waals surface area contributed by atoms with Crippen LogP contribution in [0.3, 0.4) is 0 Å². The molecule has 1 fully saturated rings. The van der Waals surface area contributed by atoms with Gasteiger partial charge in [-0.15, -0.1) is 0 Å². The number of aromatic nitrogens is 3. The van der Waals surface area contributed by atoms with Crippen LogP contribution in [-0.2, 0) is 7.05 Å². The number of benzene rings is 1. The van der Waals surface area contributed by atoms with Gasteiger partial charge in [-0.3, -0.25) is 4.79 Å². The fourth-order valence-electron chi connectivity index (χ4n) is 3.37. The fourth-order valence-corrected chi connectivity index (χ4v) is 3.37. The van der Waals surface area contributed by atoms with Crippen LogP contribution in [0.1, 0.15) is 16.8 Å². The maximum Gasteiger partial charge on any atom is 0.252 e. The highest BCUT2D eigenvalue weighted by Gasteiger charge is 2.23. The van der Waals surface area contributed by atoms with E-state index >= 15 is 0 Å². The first-order valence-corrected chi connectivity index (χ1v) is 8.66. The zero-order valence-corrected chi connectivity index (χ0v) is 14.5. The monoisotopic (exact) mass is 353 g/mol. The third-order valence-electron chi connectivity index (χ3n) is 4.84. The fraction of sp³-hybridized carbons (Fsp3) is 0.316. The molecule has 1 saturated heterocycles. The minimum atomic E-state index is -0.227. The number of rotatable bonds is 4. The molecule has 0 radical (unpaired) electrons. The molecule has 26 heavy (non-hydrogen) atoms. The van der Waals surface area contributed by atoms with Gasteiger partial charge in [0.15, 0.2) is 5.65 Å². The molecule has 3 heterocycles. The highest BCUT2D eigenvalue weighted by molar-refractivity contribution is 5.96. The van der Waals surface area contributed by atoms with E-state index in [1.54, 1.807) is 30.7 Å². The lowest BCUT2D eigenvalue weighted by Crippen LogP contribution is -2.31. The Morgan fingerprint density at radius 3 is 2.92 bits per heavy atom. The van der Waals surface area contributed by atoms with Gasteiger partial charge in [-0.2, -0.15) is 0 Å². The predicted molar refractivity (Wildman–Crippen MR) is 97.6 cm³/mol. The van der Waals surface area contributed by atoms with Crippen molar-refractivity contribution in [3.8, 4) is 0 Å². The summed E-state index contributed by atoms with van der Waals surface area (Å²) >= 11 is 0. The van der Waals surface area contributed by atoms with Gasteiger partial charge >= 0.3 is 0 Å². The van der Waals surface area contributed by atoms with E-state index in [1.807, 2.05) is 11.6 Å². The van der Waals surface area contributed by atoms with Gasteiger partial charge < -0.3 is 14.8 Å². The number of carbonyl (C=O) groups excluding carboxylic acids is 1. The molecule has 1 aromatic carbocycles. The highest BCUT2D eigenvalue weighted by Crippen LogP contribution is 2.23. The van der Waals surface area contributed by atoms with Crippen LogP contribution in [0.15, 0.2) is 42.9 Å². The van der Waals surface area contributed by atoms with Crippen LogP contribution in [0.4, 0.5) is 10.1 Å². The lowest BCUT2D eigenvalue weighted by Gasteiger charge is -2.18. The van der Waals surface area contributed by atoms with Crippen molar-refractivity contribution in [2.24, 2.45) is 13.0 Å². The Kier molecular flexibility index (Phi) is 4.28. The number of carbonyl (C=O) groups is 1. The molecule has 1 N–H and O–H groups in total. The van der Waals surface area contributed by atoms with Crippen LogP contribution in [0.25, 0.3) is 11.2 Å². The molecular formula is C19H20FN5O. The van der Waals surface area contributed by atoms with Gasteiger partial charge in [-0.25, -0.2) is 14.4 Å². The van der Waals surface area contributed by atoms with E-state index in [9.17, 15) is 9.18 Å². The minimum Gasteiger partial charge on any atom is -0.371 e. The van der Waals surface area contributed by atoms with Crippen LogP contribution in [0.2, 0.25) is 0 Å². The maximum absolute atomic E-state index is 13.0. The van der Waals surface area contributed by atoms with E-state index in [-0.39, 0.29) is 11.7 Å². The molecule has 0 aliphatic carbocycles. The van der Waals surface area contributed by atoms with Crippen molar-refractivity contribution in [2.45, 2.75) is 6.42 Å². The summed E-state index contributed by atoms with van der Waals surface area (Å²) in [4.78, 5) is 23.2. The molecule has 0 saturated carbocycles. The third-order valence-corrected chi connectivity index (χ3v) is 4.84. The Bertz CT molecular complexity index is 937. The van der Waals surface area contributed by atoms with Gasteiger partial charge in [-0.1, -0.05) is 0 Å². The SMILES string of the molecule is Cn1cnc2cc(C(=O)NCC3CCN(c4ccc(F)cc4)C3)cnc21. The van der Waals surface area contributed by atoms with Gasteiger partial charge in [0, 0.05) is 38.6 Å². The molecule has 4 rings (SSSR count). The molecule has 134 valence electrons. The Labute approximate surface area is 150 Å². The average Bonchev–Trinajstić information content (AvgIpc) is 3.27. The number of pyridine rings is 1. The first kappa shape index (κ1) is 16.5. The number of aryl methyl sites for hydroxylation is 1. The molecule has 1 aliphatic rings. The number of imidazole rings is 1. The second-order valence-corrected chi connectivity index (χ2v) is 6.71. The number of fused-ring (bicyclic) bond motifs is 1. The molecule has 1 amide bonds. The number of amides is 1. The topological polar surface area (TPSA) is 63.1 Å². The largest absolute Gasteiger partial charge is 0.371 e. The van der Waals surface area contributed by atoms with E-state index in [0.29, 0.717) is 23.5 Å². The Balaban J connectivity index is 1.34. The number of anilines is 1. The van der Waals surface area contributed by atoms with E-state index < -0.39 is 0 Å². The lowest BCUT2D eigenvalue weighted by molar-refractivity contribution is 0.0948. The summed E-state index contributed by atoms with van der Waals surface area (Å²) < 4.78 is 14.9. The molecule has 1 aliphatic heterocycles. The van der Waals surface area contributed by atoms with Crippen molar-refractivity contribution < 1.29 is 9.18 Å². The third kappa shape index (κ3) is 3.24. The molecule has 6 nitrogen and oxygen atoms in total. The minimum absolute atomic E-state index is 0.134. The average molecular weight is 353 g/mol. The van der Waals surface area contributed by atoms with Crippen LogP contribution < -0.4 is 10.2 Å². The van der Waals surface area contributed by atoms with Crippen LogP contribution in [-0.4, -0.2) is 40.1 Å². The second kappa shape index (κ2) is 6.74. The van der Waals surface area contributed by atoms with Crippen molar-refractivity contribution in [2.75, 3.05) is 24.5 Å². The standard InChI is InChI=1S/C19H20FN5O/c1-24-12-23-17-8-14(10-21-18(17)24)19(26)22-9-13-6-7-25(11-13)16-4-2-15(20)3-5-16/h2-5,8,10,12-13H,6-7,9,11H2,1H3,(H,22,26). The smallest absolute Gasteiger partial charge is 0.252 e. The predicted octanol–water partition coefficient (Wildman–Crippen LogP) is 2.36. The van der Waals surface area contributed by atoms with E-state index in [0.717, 1.165) is 30.8 Å². The lowest BCUT2D eigenvalue weighted by atomic mass is 10.1. The van der Waals surface area contributed by atoms with Crippen molar-refractivity contribution in [1.82, 2.24) is 19.9 Å². The summed E-state index contributed by atoms with van der Waals surface area (Å²) in [5.41, 5.74) is 3.01. The molecule has 3 aromatic rings. The number of hydrogen-bond donors (Lipinski definition) is 1. The summed E-state index contributed by atoms with van der Waals surface area (Å²) in [5, 5.41) is 2.99. The summed E-state index contributed by atoms with van der Waals surface area (Å²) in [7, 11) is 1.87. The highest BCUT2D eigenvalue weighted by atomic mass is 19.1. The van der Waals surface area contributed by atoms with Crippen LogP contribution in [0, 0.1) is 11.7 Å². The zero-order valence-electron chi connectivity index (χ0n) is 14.5. The molecule has 2 aromatic heterocycles. The van der Waals surface area contributed by atoms with Crippen molar-refractivity contribution in [3.63, 3.8) is 0 Å². The summed E-state index contributed by atoms with van der Waals surface area (Å²) in [6.45, 7) is 2.37. The summed E-state index contributed by atoms with van der Waals surface area (Å²) in [6.07, 6.45) is 4.26. The van der Waals surface area contributed by atoms with Crippen molar-refractivity contribution in [1.29, 1.82) is 0 Å². The Morgan fingerprint density at radius 1 is 1.31 bits per heavy atom. The number of halogens is 1. The normalized spacial score (nSPS) is 17.0. The summed E-state index contributed by atoms with van der Waals surface area (Å²) in [5.74, 6) is 0.0103. The Morgan fingerprint density at radius 2 is 2.12 bits per heavy atom. The van der Waals surface area contributed by atoms with Crippen molar-refractivity contribution >= 4 is 22.8 Å². The van der Waals surface area contributed by atoms with Gasteiger partial charge in [0.25, 0.3) is 5.91 Å². The van der Waals surface area contributed by atoms with Gasteiger partial charge in [-0.05, 0) is 42.7 Å². The molecule has 0 spiro atoms. The molecule has 1 atom stereocenters. The number of nitrogens with one attached hydrogen (secondary N) is 1. The number of hydrogen-bond acceptors (Lipinski definition) is 4. The van der Waals surface area contributed by atoms with Crippen molar-refractivity contribution in [3.05, 3.63) is 54.2 Å². The first-order valence-electron chi connectivity index (χ1n) is 8.66.